The zero-order valence-electron chi connectivity index (χ0n) is 16.0. The van der Waals surface area contributed by atoms with E-state index < -0.39 is 0 Å². The molecule has 7 heteroatoms. The topological polar surface area (TPSA) is 64.5 Å². The van der Waals surface area contributed by atoms with Gasteiger partial charge in [-0.3, -0.25) is 14.7 Å². The number of carbonyl (C=O) groups is 1. The zero-order valence-corrected chi connectivity index (χ0v) is 16.8. The summed E-state index contributed by atoms with van der Waals surface area (Å²) >= 11 is 1.46. The molecule has 146 valence electrons. The molecule has 0 unspecified atom stereocenters. The normalized spacial score (nSPS) is 10.7. The summed E-state index contributed by atoms with van der Waals surface area (Å²) in [5.41, 5.74) is 2.24. The molecule has 0 aliphatic carbocycles. The molecule has 2 aromatic carbocycles. The van der Waals surface area contributed by atoms with E-state index in [9.17, 15) is 4.79 Å². The molecule has 4 rings (SSSR count). The minimum absolute atomic E-state index is 0.154. The van der Waals surface area contributed by atoms with Crippen molar-refractivity contribution in [1.29, 1.82) is 0 Å². The van der Waals surface area contributed by atoms with Gasteiger partial charge in [-0.15, -0.1) is 0 Å². The number of hydrogen-bond acceptors (Lipinski definition) is 6. The van der Waals surface area contributed by atoms with Gasteiger partial charge < -0.3 is 9.47 Å². The fourth-order valence-corrected chi connectivity index (χ4v) is 3.89. The van der Waals surface area contributed by atoms with Crippen LogP contribution in [0.5, 0.6) is 11.5 Å². The summed E-state index contributed by atoms with van der Waals surface area (Å²) in [6, 6.07) is 16.6. The third-order valence-corrected chi connectivity index (χ3v) is 5.50. The second-order valence-electron chi connectivity index (χ2n) is 6.31. The van der Waals surface area contributed by atoms with Crippen LogP contribution in [-0.2, 0) is 6.54 Å². The molecule has 6 nitrogen and oxygen atoms in total. The average Bonchev–Trinajstić information content (AvgIpc) is 3.20. The van der Waals surface area contributed by atoms with Crippen LogP contribution >= 0.6 is 11.3 Å². The van der Waals surface area contributed by atoms with Crippen molar-refractivity contribution in [3.8, 4) is 11.5 Å². The third kappa shape index (κ3) is 4.05. The van der Waals surface area contributed by atoms with E-state index in [1.807, 2.05) is 36.4 Å². The standard InChI is InChI=1S/C22H19N3O3S/c1-27-17-7-3-6-16(11-17)21(26)25(14-15-5-4-10-23-13-15)22-24-19-12-18(28-2)8-9-20(19)29-22/h3-13H,14H2,1-2H3. The summed E-state index contributed by atoms with van der Waals surface area (Å²) in [5.74, 6) is 1.21. The van der Waals surface area contributed by atoms with Gasteiger partial charge in [0.2, 0.25) is 0 Å². The van der Waals surface area contributed by atoms with E-state index in [-0.39, 0.29) is 5.91 Å². The lowest BCUT2D eigenvalue weighted by Gasteiger charge is -2.20. The van der Waals surface area contributed by atoms with Crippen LogP contribution in [0, 0.1) is 0 Å². The van der Waals surface area contributed by atoms with Gasteiger partial charge in [0.15, 0.2) is 5.13 Å². The Balaban J connectivity index is 1.76. The van der Waals surface area contributed by atoms with E-state index in [1.165, 1.54) is 11.3 Å². The van der Waals surface area contributed by atoms with Gasteiger partial charge in [0, 0.05) is 24.0 Å². The Labute approximate surface area is 172 Å². The summed E-state index contributed by atoms with van der Waals surface area (Å²) < 4.78 is 11.5. The van der Waals surface area contributed by atoms with Gasteiger partial charge in [0.25, 0.3) is 5.91 Å². The first-order chi connectivity index (χ1) is 14.2. The number of methoxy groups -OCH3 is 2. The van der Waals surface area contributed by atoms with Gasteiger partial charge in [0.05, 0.1) is 31.0 Å². The van der Waals surface area contributed by atoms with Crippen LogP contribution in [0.4, 0.5) is 5.13 Å². The molecule has 1 amide bonds. The first kappa shape index (κ1) is 18.9. The molecule has 0 aliphatic heterocycles. The van der Waals surface area contributed by atoms with Crippen LogP contribution in [-0.4, -0.2) is 30.1 Å². The Bertz CT molecular complexity index is 1140. The molecule has 29 heavy (non-hydrogen) atoms. The number of hydrogen-bond donors (Lipinski definition) is 0. The molecule has 0 fully saturated rings. The molecule has 0 radical (unpaired) electrons. The van der Waals surface area contributed by atoms with Crippen molar-refractivity contribution in [2.24, 2.45) is 0 Å². The molecule has 2 aromatic heterocycles. The fraction of sp³-hybridized carbons (Fsp3) is 0.136. The first-order valence-electron chi connectivity index (χ1n) is 8.97. The largest absolute Gasteiger partial charge is 0.497 e. The summed E-state index contributed by atoms with van der Waals surface area (Å²) in [7, 11) is 3.20. The van der Waals surface area contributed by atoms with E-state index in [1.54, 1.807) is 49.7 Å². The first-order valence-corrected chi connectivity index (χ1v) is 9.79. The Morgan fingerprint density at radius 3 is 2.62 bits per heavy atom. The molecule has 0 saturated carbocycles. The summed E-state index contributed by atoms with van der Waals surface area (Å²) in [6.45, 7) is 0.362. The maximum Gasteiger partial charge on any atom is 0.260 e. The van der Waals surface area contributed by atoms with Gasteiger partial charge in [-0.05, 0) is 42.0 Å². The fourth-order valence-electron chi connectivity index (χ4n) is 2.95. The molecule has 0 bridgehead atoms. The highest BCUT2D eigenvalue weighted by atomic mass is 32.1. The molecule has 4 aromatic rings. The summed E-state index contributed by atoms with van der Waals surface area (Å²) in [6.07, 6.45) is 3.46. The van der Waals surface area contributed by atoms with Gasteiger partial charge in [-0.2, -0.15) is 0 Å². The number of anilines is 1. The van der Waals surface area contributed by atoms with Crippen LogP contribution in [0.25, 0.3) is 10.2 Å². The third-order valence-electron chi connectivity index (χ3n) is 4.44. The maximum absolute atomic E-state index is 13.4. The van der Waals surface area contributed by atoms with Crippen molar-refractivity contribution in [1.82, 2.24) is 9.97 Å². The lowest BCUT2D eigenvalue weighted by Crippen LogP contribution is -2.30. The smallest absolute Gasteiger partial charge is 0.260 e. The Hall–Kier alpha value is -3.45. The van der Waals surface area contributed by atoms with E-state index in [0.717, 1.165) is 21.5 Å². The zero-order chi connectivity index (χ0) is 20.2. The summed E-state index contributed by atoms with van der Waals surface area (Å²) in [5, 5.41) is 0.616. The van der Waals surface area contributed by atoms with Gasteiger partial charge in [-0.25, -0.2) is 4.98 Å². The molecule has 0 atom stereocenters. The van der Waals surface area contributed by atoms with Crippen LogP contribution in [0.1, 0.15) is 15.9 Å². The number of carbonyl (C=O) groups excluding carboxylic acids is 1. The maximum atomic E-state index is 13.4. The molecule has 2 heterocycles. The van der Waals surface area contributed by atoms with E-state index in [2.05, 4.69) is 4.98 Å². The highest BCUT2D eigenvalue weighted by Crippen LogP contribution is 2.33. The highest BCUT2D eigenvalue weighted by Gasteiger charge is 2.22. The molecular weight excluding hydrogens is 386 g/mol. The van der Waals surface area contributed by atoms with Crippen molar-refractivity contribution < 1.29 is 14.3 Å². The second kappa shape index (κ2) is 8.28. The SMILES string of the molecule is COc1cccc(C(=O)N(Cc2cccnc2)c2nc3cc(OC)ccc3s2)c1. The number of rotatable bonds is 6. The van der Waals surface area contributed by atoms with E-state index in [0.29, 0.717) is 23.0 Å². The summed E-state index contributed by atoms with van der Waals surface area (Å²) in [4.78, 5) is 23.9. The lowest BCUT2D eigenvalue weighted by molar-refractivity contribution is 0.0985. The minimum Gasteiger partial charge on any atom is -0.497 e. The van der Waals surface area contributed by atoms with Crippen molar-refractivity contribution >= 4 is 32.6 Å². The average molecular weight is 405 g/mol. The van der Waals surface area contributed by atoms with Crippen LogP contribution in [0.15, 0.2) is 67.0 Å². The van der Waals surface area contributed by atoms with Crippen molar-refractivity contribution in [2.45, 2.75) is 6.54 Å². The quantitative estimate of drug-likeness (QED) is 0.471. The molecular formula is C22H19N3O3S. The minimum atomic E-state index is -0.154. The highest BCUT2D eigenvalue weighted by molar-refractivity contribution is 7.22. The molecule has 0 spiro atoms. The predicted molar refractivity (Wildman–Crippen MR) is 114 cm³/mol. The van der Waals surface area contributed by atoms with Gasteiger partial charge in [-0.1, -0.05) is 23.5 Å². The Morgan fingerprint density at radius 1 is 1.03 bits per heavy atom. The number of amides is 1. The molecule has 0 saturated heterocycles. The number of pyridine rings is 1. The lowest BCUT2D eigenvalue weighted by atomic mass is 10.1. The van der Waals surface area contributed by atoms with Crippen LogP contribution in [0.3, 0.4) is 0 Å². The van der Waals surface area contributed by atoms with E-state index >= 15 is 0 Å². The number of nitrogens with zero attached hydrogens (tertiary/aromatic N) is 3. The second-order valence-corrected chi connectivity index (χ2v) is 7.32. The van der Waals surface area contributed by atoms with Crippen molar-refractivity contribution in [2.75, 3.05) is 19.1 Å². The van der Waals surface area contributed by atoms with Gasteiger partial charge >= 0.3 is 0 Å². The number of ether oxygens (including phenoxy) is 2. The Kier molecular flexibility index (Phi) is 5.39. The molecule has 0 aliphatic rings. The number of benzene rings is 2. The Morgan fingerprint density at radius 2 is 1.86 bits per heavy atom. The number of aromatic nitrogens is 2. The van der Waals surface area contributed by atoms with Crippen molar-refractivity contribution in [3.05, 3.63) is 78.1 Å². The van der Waals surface area contributed by atoms with E-state index in [4.69, 9.17) is 14.5 Å². The predicted octanol–water partition coefficient (Wildman–Crippen LogP) is 4.56. The van der Waals surface area contributed by atoms with Gasteiger partial charge in [0.1, 0.15) is 11.5 Å². The van der Waals surface area contributed by atoms with Crippen LogP contribution < -0.4 is 14.4 Å². The molecule has 0 N–H and O–H groups in total. The van der Waals surface area contributed by atoms with Crippen molar-refractivity contribution in [3.63, 3.8) is 0 Å². The number of fused-ring (bicyclic) bond motifs is 1. The monoisotopic (exact) mass is 405 g/mol. The number of thiazole rings is 1. The van der Waals surface area contributed by atoms with Crippen LogP contribution in [0.2, 0.25) is 0 Å².